The van der Waals surface area contributed by atoms with Crippen LogP contribution in [0, 0.1) is 0 Å². The average Bonchev–Trinajstić information content (AvgIpc) is 2.82. The van der Waals surface area contributed by atoms with E-state index >= 15 is 0 Å². The first kappa shape index (κ1) is 8.98. The van der Waals surface area contributed by atoms with E-state index in [0.29, 0.717) is 5.25 Å². The summed E-state index contributed by atoms with van der Waals surface area (Å²) in [4.78, 5) is 4.53. The summed E-state index contributed by atoms with van der Waals surface area (Å²) in [5.41, 5.74) is 1.23. The van der Waals surface area contributed by atoms with E-state index in [1.807, 2.05) is 18.0 Å². The predicted molar refractivity (Wildman–Crippen MR) is 65.8 cm³/mol. The van der Waals surface area contributed by atoms with Gasteiger partial charge >= 0.3 is 0 Å². The standard InChI is InChI=1S/C13H11NS/c1-2-5-11-10(4-1)7-8-14-13(11)12-6-3-9-15-12/h1-5,7-9,12H,6H2. The van der Waals surface area contributed by atoms with E-state index in [1.54, 1.807) is 0 Å². The molecule has 1 nitrogen and oxygen atoms in total. The number of benzene rings is 1. The van der Waals surface area contributed by atoms with Gasteiger partial charge in [-0.3, -0.25) is 4.98 Å². The zero-order valence-electron chi connectivity index (χ0n) is 8.26. The minimum Gasteiger partial charge on any atom is -0.259 e. The third kappa shape index (κ3) is 1.55. The van der Waals surface area contributed by atoms with E-state index in [0.717, 1.165) is 6.42 Å². The number of hydrogen-bond donors (Lipinski definition) is 0. The molecule has 2 heteroatoms. The zero-order valence-corrected chi connectivity index (χ0v) is 9.08. The Balaban J connectivity index is 2.17. The van der Waals surface area contributed by atoms with E-state index in [9.17, 15) is 0 Å². The van der Waals surface area contributed by atoms with Crippen LogP contribution in [0.25, 0.3) is 10.8 Å². The highest BCUT2D eigenvalue weighted by atomic mass is 32.2. The molecule has 0 radical (unpaired) electrons. The van der Waals surface area contributed by atoms with E-state index in [4.69, 9.17) is 0 Å². The molecule has 0 fully saturated rings. The molecule has 0 saturated heterocycles. The first-order valence-electron chi connectivity index (χ1n) is 5.09. The molecule has 0 aliphatic carbocycles. The molecule has 2 heterocycles. The Morgan fingerprint density at radius 2 is 2.13 bits per heavy atom. The van der Waals surface area contributed by atoms with Crippen molar-refractivity contribution in [3.63, 3.8) is 0 Å². The first-order chi connectivity index (χ1) is 7.45. The number of aromatic nitrogens is 1. The number of pyridine rings is 1. The van der Waals surface area contributed by atoms with Crippen LogP contribution in [0.5, 0.6) is 0 Å². The van der Waals surface area contributed by atoms with Crippen LogP contribution in [0.4, 0.5) is 0 Å². The van der Waals surface area contributed by atoms with Gasteiger partial charge in [0.2, 0.25) is 0 Å². The SMILES string of the molecule is C1=CSC(c2nccc3ccccc23)C1. The van der Waals surface area contributed by atoms with Gasteiger partial charge in [0, 0.05) is 11.6 Å². The highest BCUT2D eigenvalue weighted by Crippen LogP contribution is 2.39. The van der Waals surface area contributed by atoms with Gasteiger partial charge in [0.05, 0.1) is 10.9 Å². The molecule has 0 spiro atoms. The van der Waals surface area contributed by atoms with Gasteiger partial charge in [-0.25, -0.2) is 0 Å². The molecule has 0 amide bonds. The minimum atomic E-state index is 0.510. The summed E-state index contributed by atoms with van der Waals surface area (Å²) < 4.78 is 0. The fourth-order valence-corrected chi connectivity index (χ4v) is 2.91. The molecule has 74 valence electrons. The third-order valence-corrected chi connectivity index (χ3v) is 3.79. The third-order valence-electron chi connectivity index (χ3n) is 2.70. The van der Waals surface area contributed by atoms with Crippen LogP contribution in [-0.4, -0.2) is 4.98 Å². The Morgan fingerprint density at radius 3 is 3.00 bits per heavy atom. The molecule has 1 aliphatic rings. The molecular weight excluding hydrogens is 202 g/mol. The number of rotatable bonds is 1. The average molecular weight is 213 g/mol. The van der Waals surface area contributed by atoms with Crippen LogP contribution in [0.3, 0.4) is 0 Å². The van der Waals surface area contributed by atoms with Crippen molar-refractivity contribution in [2.75, 3.05) is 0 Å². The van der Waals surface area contributed by atoms with Gasteiger partial charge in [-0.2, -0.15) is 0 Å². The molecule has 2 aromatic rings. The van der Waals surface area contributed by atoms with Crippen molar-refractivity contribution in [2.45, 2.75) is 11.7 Å². The fourth-order valence-electron chi connectivity index (χ4n) is 1.96. The van der Waals surface area contributed by atoms with E-state index in [1.165, 1.54) is 16.5 Å². The maximum Gasteiger partial charge on any atom is 0.0618 e. The number of fused-ring (bicyclic) bond motifs is 1. The van der Waals surface area contributed by atoms with E-state index < -0.39 is 0 Å². The number of allylic oxidation sites excluding steroid dienone is 1. The maximum atomic E-state index is 4.53. The van der Waals surface area contributed by atoms with Gasteiger partial charge in [-0.05, 0) is 23.3 Å². The van der Waals surface area contributed by atoms with Crippen LogP contribution in [-0.2, 0) is 0 Å². The van der Waals surface area contributed by atoms with Crippen molar-refractivity contribution >= 4 is 22.5 Å². The van der Waals surface area contributed by atoms with Crippen molar-refractivity contribution in [3.8, 4) is 0 Å². The van der Waals surface area contributed by atoms with Gasteiger partial charge in [0.25, 0.3) is 0 Å². The van der Waals surface area contributed by atoms with Crippen molar-refractivity contribution in [1.82, 2.24) is 4.98 Å². The molecule has 3 rings (SSSR count). The molecule has 0 bridgehead atoms. The minimum absolute atomic E-state index is 0.510. The summed E-state index contributed by atoms with van der Waals surface area (Å²) in [6, 6.07) is 10.5. The molecule has 1 aliphatic heterocycles. The Hall–Kier alpha value is -1.28. The quantitative estimate of drug-likeness (QED) is 0.712. The summed E-state index contributed by atoms with van der Waals surface area (Å²) in [6.45, 7) is 0. The zero-order chi connectivity index (χ0) is 10.1. The van der Waals surface area contributed by atoms with Gasteiger partial charge in [-0.1, -0.05) is 30.3 Å². The molecule has 0 N–H and O–H groups in total. The smallest absolute Gasteiger partial charge is 0.0618 e. The van der Waals surface area contributed by atoms with Gasteiger partial charge in [-0.15, -0.1) is 11.8 Å². The summed E-state index contributed by atoms with van der Waals surface area (Å²) >= 11 is 1.87. The Bertz CT molecular complexity index is 505. The second-order valence-corrected chi connectivity index (χ2v) is 4.76. The Morgan fingerprint density at radius 1 is 1.20 bits per heavy atom. The number of thioether (sulfide) groups is 1. The predicted octanol–water partition coefficient (Wildman–Crippen LogP) is 3.93. The van der Waals surface area contributed by atoms with Crippen molar-refractivity contribution in [2.24, 2.45) is 0 Å². The van der Waals surface area contributed by atoms with Gasteiger partial charge in [0.15, 0.2) is 0 Å². The maximum absolute atomic E-state index is 4.53. The second kappa shape index (κ2) is 3.70. The van der Waals surface area contributed by atoms with Crippen LogP contribution >= 0.6 is 11.8 Å². The lowest BCUT2D eigenvalue weighted by Crippen LogP contribution is -1.94. The molecule has 1 atom stereocenters. The summed E-state index contributed by atoms with van der Waals surface area (Å²) in [5, 5.41) is 5.26. The highest BCUT2D eigenvalue weighted by Gasteiger charge is 2.16. The van der Waals surface area contributed by atoms with Gasteiger partial charge < -0.3 is 0 Å². The fraction of sp³-hybridized carbons (Fsp3) is 0.154. The highest BCUT2D eigenvalue weighted by molar-refractivity contribution is 8.02. The lowest BCUT2D eigenvalue weighted by atomic mass is 10.1. The van der Waals surface area contributed by atoms with Crippen molar-refractivity contribution < 1.29 is 0 Å². The molecule has 15 heavy (non-hydrogen) atoms. The monoisotopic (exact) mass is 213 g/mol. The topological polar surface area (TPSA) is 12.9 Å². The Labute approximate surface area is 93.2 Å². The number of nitrogens with zero attached hydrogens (tertiary/aromatic N) is 1. The van der Waals surface area contributed by atoms with Crippen molar-refractivity contribution in [3.05, 3.63) is 53.7 Å². The molecule has 1 aromatic heterocycles. The summed E-state index contributed by atoms with van der Waals surface area (Å²) in [7, 11) is 0. The summed E-state index contributed by atoms with van der Waals surface area (Å²) in [5.74, 6) is 0. The van der Waals surface area contributed by atoms with E-state index in [-0.39, 0.29) is 0 Å². The Kier molecular flexibility index (Phi) is 2.22. The normalized spacial score (nSPS) is 19.9. The summed E-state index contributed by atoms with van der Waals surface area (Å²) in [6.07, 6.45) is 5.24. The largest absolute Gasteiger partial charge is 0.259 e. The van der Waals surface area contributed by atoms with Gasteiger partial charge in [0.1, 0.15) is 0 Å². The lowest BCUT2D eigenvalue weighted by molar-refractivity contribution is 0.947. The lowest BCUT2D eigenvalue weighted by Gasteiger charge is -2.10. The second-order valence-electron chi connectivity index (χ2n) is 3.65. The van der Waals surface area contributed by atoms with Crippen molar-refractivity contribution in [1.29, 1.82) is 0 Å². The molecule has 0 saturated carbocycles. The molecule has 1 aromatic carbocycles. The molecule has 1 unspecified atom stereocenters. The number of hydrogen-bond acceptors (Lipinski definition) is 2. The first-order valence-corrected chi connectivity index (χ1v) is 6.03. The van der Waals surface area contributed by atoms with E-state index in [2.05, 4.69) is 46.8 Å². The van der Waals surface area contributed by atoms with Crippen LogP contribution < -0.4 is 0 Å². The van der Waals surface area contributed by atoms with Crippen LogP contribution in [0.15, 0.2) is 48.0 Å². The molecular formula is C13H11NS. The van der Waals surface area contributed by atoms with Crippen LogP contribution in [0.1, 0.15) is 17.4 Å². The van der Waals surface area contributed by atoms with Crippen LogP contribution in [0.2, 0.25) is 0 Å².